The molecule has 21 heavy (non-hydrogen) atoms. The van der Waals surface area contributed by atoms with Crippen molar-refractivity contribution in [2.45, 2.75) is 0 Å². The van der Waals surface area contributed by atoms with Crippen molar-refractivity contribution >= 4 is 0 Å². The summed E-state index contributed by atoms with van der Waals surface area (Å²) in [6.45, 7) is 0. The molecule has 0 fully saturated rings. The summed E-state index contributed by atoms with van der Waals surface area (Å²) in [5.74, 6) is -9.89. The quantitative estimate of drug-likeness (QED) is 0.416. The van der Waals surface area contributed by atoms with Gasteiger partial charge in [0.1, 0.15) is 5.69 Å². The van der Waals surface area contributed by atoms with Crippen LogP contribution in [0.4, 0.5) is 22.0 Å². The lowest BCUT2D eigenvalue weighted by molar-refractivity contribution is 0.376. The lowest BCUT2D eigenvalue weighted by Gasteiger charge is -2.12. The molecule has 7 heteroatoms. The molecule has 0 spiro atoms. The third-order valence-corrected chi connectivity index (χ3v) is 3.05. The molecule has 2 nitrogen and oxygen atoms in total. The molecule has 0 aliphatic rings. The van der Waals surface area contributed by atoms with Crippen LogP contribution in [0.3, 0.4) is 0 Å². The maximum atomic E-state index is 13.8. The van der Waals surface area contributed by atoms with E-state index in [1.54, 1.807) is 18.3 Å². The summed E-state index contributed by atoms with van der Waals surface area (Å²) in [4.78, 5) is 2.80. The summed E-state index contributed by atoms with van der Waals surface area (Å²) in [7, 11) is 0. The maximum Gasteiger partial charge on any atom is 0.200 e. The third-order valence-electron chi connectivity index (χ3n) is 3.05. The predicted molar refractivity (Wildman–Crippen MR) is 65.3 cm³/mol. The molecule has 2 aromatic heterocycles. The summed E-state index contributed by atoms with van der Waals surface area (Å²) < 4.78 is 68.2. The summed E-state index contributed by atoms with van der Waals surface area (Å²) in [5.41, 5.74) is -0.270. The normalized spacial score (nSPS) is 11.1. The third kappa shape index (κ3) is 1.93. The van der Waals surface area contributed by atoms with E-state index >= 15 is 0 Å². The second-order valence-electron chi connectivity index (χ2n) is 4.27. The summed E-state index contributed by atoms with van der Waals surface area (Å²) in [6, 6.07) is 6.18. The predicted octanol–water partition coefficient (Wildman–Crippen LogP) is 4.17. The molecular formula is C14H7F5N2. The zero-order chi connectivity index (χ0) is 15.1. The van der Waals surface area contributed by atoms with Crippen molar-refractivity contribution in [3.05, 3.63) is 65.7 Å². The van der Waals surface area contributed by atoms with Gasteiger partial charge < -0.3 is 9.55 Å². The number of aromatic amines is 1. The Morgan fingerprint density at radius 1 is 0.762 bits per heavy atom. The van der Waals surface area contributed by atoms with Crippen LogP contribution in [-0.2, 0) is 0 Å². The van der Waals surface area contributed by atoms with E-state index in [0.29, 0.717) is 5.69 Å². The van der Waals surface area contributed by atoms with Gasteiger partial charge >= 0.3 is 0 Å². The fourth-order valence-corrected chi connectivity index (χ4v) is 2.09. The Morgan fingerprint density at radius 2 is 1.38 bits per heavy atom. The number of nitrogens with one attached hydrogen (secondary N) is 1. The van der Waals surface area contributed by atoms with Gasteiger partial charge in [-0.2, -0.15) is 0 Å². The van der Waals surface area contributed by atoms with Crippen LogP contribution in [0.15, 0.2) is 36.7 Å². The number of nitrogens with zero attached hydrogens (tertiary/aromatic N) is 1. The summed E-state index contributed by atoms with van der Waals surface area (Å²) in [5, 5.41) is 0. The first-order valence-corrected chi connectivity index (χ1v) is 5.85. The Balaban J connectivity index is 2.31. The van der Waals surface area contributed by atoms with Gasteiger partial charge in [-0.05, 0) is 24.3 Å². The van der Waals surface area contributed by atoms with Crippen LogP contribution in [-0.4, -0.2) is 9.55 Å². The van der Waals surface area contributed by atoms with Gasteiger partial charge in [0.15, 0.2) is 23.3 Å². The fourth-order valence-electron chi connectivity index (χ4n) is 2.09. The number of hydrogen-bond acceptors (Lipinski definition) is 0. The Kier molecular flexibility index (Phi) is 3.04. The van der Waals surface area contributed by atoms with E-state index in [4.69, 9.17) is 0 Å². The van der Waals surface area contributed by atoms with Crippen LogP contribution < -0.4 is 0 Å². The van der Waals surface area contributed by atoms with Gasteiger partial charge in [0.05, 0.1) is 11.4 Å². The van der Waals surface area contributed by atoms with Gasteiger partial charge in [-0.25, -0.2) is 22.0 Å². The van der Waals surface area contributed by atoms with E-state index in [1.165, 1.54) is 18.3 Å². The van der Waals surface area contributed by atoms with Gasteiger partial charge in [0.25, 0.3) is 0 Å². The molecule has 0 amide bonds. The van der Waals surface area contributed by atoms with Crippen molar-refractivity contribution in [2.24, 2.45) is 0 Å². The number of rotatable bonds is 2. The van der Waals surface area contributed by atoms with Crippen LogP contribution in [0.25, 0.3) is 17.1 Å². The van der Waals surface area contributed by atoms with Crippen LogP contribution in [0.5, 0.6) is 0 Å². The Morgan fingerprint density at radius 3 is 1.95 bits per heavy atom. The first kappa shape index (κ1) is 13.4. The summed E-state index contributed by atoms with van der Waals surface area (Å²) >= 11 is 0. The Bertz CT molecular complexity index is 776. The summed E-state index contributed by atoms with van der Waals surface area (Å²) in [6.07, 6.45) is 2.79. The fraction of sp³-hybridized carbons (Fsp3) is 0. The highest BCUT2D eigenvalue weighted by Crippen LogP contribution is 2.30. The zero-order valence-electron chi connectivity index (χ0n) is 10.3. The Hall–Kier alpha value is -2.57. The molecule has 0 aliphatic carbocycles. The van der Waals surface area contributed by atoms with Crippen LogP contribution in [0, 0.1) is 29.1 Å². The Labute approximate surface area is 115 Å². The highest BCUT2D eigenvalue weighted by molar-refractivity contribution is 5.59. The van der Waals surface area contributed by atoms with Crippen molar-refractivity contribution in [3.63, 3.8) is 0 Å². The monoisotopic (exact) mass is 298 g/mol. The average Bonchev–Trinajstić information content (AvgIpc) is 3.13. The molecule has 0 radical (unpaired) electrons. The van der Waals surface area contributed by atoms with E-state index in [0.717, 1.165) is 4.57 Å². The number of H-pyrrole nitrogens is 1. The molecule has 1 aromatic carbocycles. The SMILES string of the molecule is Fc1c(F)c(F)c(-n2cccc2-c2ccc[nH]2)c(F)c1F. The van der Waals surface area contributed by atoms with Crippen molar-refractivity contribution in [2.75, 3.05) is 0 Å². The van der Waals surface area contributed by atoms with Gasteiger partial charge in [-0.3, -0.25) is 0 Å². The lowest BCUT2D eigenvalue weighted by atomic mass is 10.2. The van der Waals surface area contributed by atoms with Crippen molar-refractivity contribution in [1.82, 2.24) is 9.55 Å². The van der Waals surface area contributed by atoms with Gasteiger partial charge in [0, 0.05) is 12.4 Å². The van der Waals surface area contributed by atoms with Gasteiger partial charge in [-0.15, -0.1) is 0 Å². The number of aromatic nitrogens is 2. The van der Waals surface area contributed by atoms with Crippen molar-refractivity contribution in [3.8, 4) is 17.1 Å². The van der Waals surface area contributed by atoms with E-state index in [1.807, 2.05) is 0 Å². The topological polar surface area (TPSA) is 20.7 Å². The van der Waals surface area contributed by atoms with Crippen molar-refractivity contribution < 1.29 is 22.0 Å². The minimum atomic E-state index is -2.18. The molecule has 3 rings (SSSR count). The van der Waals surface area contributed by atoms with Crippen LogP contribution in [0.2, 0.25) is 0 Å². The molecular weight excluding hydrogens is 291 g/mol. The van der Waals surface area contributed by atoms with E-state index < -0.39 is 34.8 Å². The lowest BCUT2D eigenvalue weighted by Crippen LogP contribution is -2.09. The van der Waals surface area contributed by atoms with E-state index in [-0.39, 0.29) is 5.69 Å². The molecule has 0 aliphatic heterocycles. The number of hydrogen-bond donors (Lipinski definition) is 1. The zero-order valence-corrected chi connectivity index (χ0v) is 10.3. The maximum absolute atomic E-state index is 13.8. The van der Waals surface area contributed by atoms with E-state index in [9.17, 15) is 22.0 Å². The second-order valence-corrected chi connectivity index (χ2v) is 4.27. The standard InChI is InChI=1S/C14H7F5N2/c15-9-10(16)12(18)14(13(19)11(9)17)21-6-2-4-8(21)7-3-1-5-20-7/h1-6,20H. The molecule has 3 aromatic rings. The van der Waals surface area contributed by atoms with Crippen LogP contribution >= 0.6 is 0 Å². The highest BCUT2D eigenvalue weighted by Gasteiger charge is 2.27. The first-order valence-electron chi connectivity index (χ1n) is 5.85. The largest absolute Gasteiger partial charge is 0.360 e. The molecule has 1 N–H and O–H groups in total. The van der Waals surface area contributed by atoms with Crippen molar-refractivity contribution in [1.29, 1.82) is 0 Å². The number of halogens is 5. The molecule has 0 saturated heterocycles. The smallest absolute Gasteiger partial charge is 0.200 e. The average molecular weight is 298 g/mol. The highest BCUT2D eigenvalue weighted by atomic mass is 19.2. The minimum Gasteiger partial charge on any atom is -0.360 e. The van der Waals surface area contributed by atoms with Gasteiger partial charge in [0.2, 0.25) is 5.82 Å². The molecule has 2 heterocycles. The first-order chi connectivity index (χ1) is 10.0. The molecule has 108 valence electrons. The molecule has 0 saturated carbocycles. The van der Waals surface area contributed by atoms with Crippen LogP contribution in [0.1, 0.15) is 0 Å². The number of benzene rings is 1. The van der Waals surface area contributed by atoms with Gasteiger partial charge in [-0.1, -0.05) is 0 Å². The molecule has 0 atom stereocenters. The second kappa shape index (κ2) is 4.76. The minimum absolute atomic E-state index is 0.267. The molecule has 0 unspecified atom stereocenters. The molecule has 0 bridgehead atoms. The van der Waals surface area contributed by atoms with E-state index in [2.05, 4.69) is 4.98 Å².